The van der Waals surface area contributed by atoms with Gasteiger partial charge in [0.25, 0.3) is 5.91 Å². The summed E-state index contributed by atoms with van der Waals surface area (Å²) in [6, 6.07) is 11.6. The standard InChI is InChI=1S/C26H30FN5O4/c1-17(14-22(33)29-20-6-5-7-21(15-20)31-12-3-4-13-31)28-23(34)16-32-24(35)26(2,30-25(32)36)18-8-10-19(27)11-9-18/h5-11,15,17H,3-4,12-14,16H2,1-2H3,(H,28,34)(H,29,33)(H,30,36). The van der Waals surface area contributed by atoms with Crippen LogP contribution in [0.2, 0.25) is 0 Å². The van der Waals surface area contributed by atoms with Gasteiger partial charge in [-0.2, -0.15) is 0 Å². The number of nitrogens with zero attached hydrogens (tertiary/aromatic N) is 2. The Balaban J connectivity index is 1.29. The van der Waals surface area contributed by atoms with Gasteiger partial charge >= 0.3 is 6.03 Å². The van der Waals surface area contributed by atoms with E-state index in [2.05, 4.69) is 20.9 Å². The van der Waals surface area contributed by atoms with Gasteiger partial charge in [0, 0.05) is 36.9 Å². The first-order chi connectivity index (χ1) is 17.2. The van der Waals surface area contributed by atoms with Crippen molar-refractivity contribution >= 4 is 35.1 Å². The summed E-state index contributed by atoms with van der Waals surface area (Å²) in [5, 5.41) is 8.10. The van der Waals surface area contributed by atoms with Gasteiger partial charge < -0.3 is 20.9 Å². The van der Waals surface area contributed by atoms with E-state index < -0.39 is 41.8 Å². The molecule has 0 aromatic heterocycles. The molecule has 5 amide bonds. The molecule has 2 aliphatic heterocycles. The van der Waals surface area contributed by atoms with Gasteiger partial charge in [-0.3, -0.25) is 19.3 Å². The highest BCUT2D eigenvalue weighted by Gasteiger charge is 2.49. The average Bonchev–Trinajstić information content (AvgIpc) is 3.43. The number of imide groups is 1. The number of halogens is 1. The second kappa shape index (κ2) is 10.3. The van der Waals surface area contributed by atoms with Crippen LogP contribution in [0.1, 0.15) is 38.7 Å². The molecule has 190 valence electrons. The summed E-state index contributed by atoms with van der Waals surface area (Å²) in [7, 11) is 0. The van der Waals surface area contributed by atoms with Crippen LogP contribution in [0.15, 0.2) is 48.5 Å². The van der Waals surface area contributed by atoms with Crippen molar-refractivity contribution in [1.29, 1.82) is 0 Å². The monoisotopic (exact) mass is 495 g/mol. The highest BCUT2D eigenvalue weighted by molar-refractivity contribution is 6.09. The van der Waals surface area contributed by atoms with Gasteiger partial charge in [-0.15, -0.1) is 0 Å². The molecule has 2 unspecified atom stereocenters. The third-order valence-electron chi connectivity index (χ3n) is 6.50. The van der Waals surface area contributed by atoms with Crippen molar-refractivity contribution < 1.29 is 23.6 Å². The van der Waals surface area contributed by atoms with Gasteiger partial charge in [0.05, 0.1) is 0 Å². The topological polar surface area (TPSA) is 111 Å². The van der Waals surface area contributed by atoms with Crippen LogP contribution in [-0.2, 0) is 19.9 Å². The lowest BCUT2D eigenvalue weighted by Crippen LogP contribution is -2.45. The van der Waals surface area contributed by atoms with E-state index in [1.807, 2.05) is 24.3 Å². The molecule has 2 saturated heterocycles. The summed E-state index contributed by atoms with van der Waals surface area (Å²) in [6.45, 7) is 4.68. The fourth-order valence-corrected chi connectivity index (χ4v) is 4.58. The number of amides is 5. The maximum atomic E-state index is 13.3. The van der Waals surface area contributed by atoms with E-state index in [0.717, 1.165) is 36.5 Å². The number of anilines is 2. The second-order valence-electron chi connectivity index (χ2n) is 9.42. The SMILES string of the molecule is CC(CC(=O)Nc1cccc(N2CCCC2)c1)NC(=O)CN1C(=O)NC(C)(c2ccc(F)cc2)C1=O. The highest BCUT2D eigenvalue weighted by atomic mass is 19.1. The van der Waals surface area contributed by atoms with E-state index in [1.54, 1.807) is 6.92 Å². The molecule has 0 bridgehead atoms. The summed E-state index contributed by atoms with van der Waals surface area (Å²) < 4.78 is 13.3. The molecule has 0 aliphatic carbocycles. The van der Waals surface area contributed by atoms with Crippen molar-refractivity contribution in [2.75, 3.05) is 29.9 Å². The normalized spacial score (nSPS) is 20.3. The molecular formula is C26H30FN5O4. The van der Waals surface area contributed by atoms with Gasteiger partial charge in [-0.05, 0) is 62.6 Å². The van der Waals surface area contributed by atoms with Crippen molar-refractivity contribution in [3.8, 4) is 0 Å². The Bertz CT molecular complexity index is 1170. The number of urea groups is 1. The summed E-state index contributed by atoms with van der Waals surface area (Å²) in [5.41, 5.74) is 0.749. The lowest BCUT2D eigenvalue weighted by Gasteiger charge is -2.22. The molecule has 2 atom stereocenters. The van der Waals surface area contributed by atoms with Gasteiger partial charge in [0.1, 0.15) is 17.9 Å². The third-order valence-corrected chi connectivity index (χ3v) is 6.50. The first-order valence-corrected chi connectivity index (χ1v) is 12.0. The van der Waals surface area contributed by atoms with Crippen LogP contribution in [-0.4, -0.2) is 54.3 Å². The minimum Gasteiger partial charge on any atom is -0.371 e. The Morgan fingerprint density at radius 1 is 1.08 bits per heavy atom. The maximum Gasteiger partial charge on any atom is 0.325 e. The van der Waals surface area contributed by atoms with Crippen molar-refractivity contribution in [3.05, 3.63) is 59.9 Å². The van der Waals surface area contributed by atoms with Gasteiger partial charge in [-0.1, -0.05) is 18.2 Å². The van der Waals surface area contributed by atoms with E-state index in [9.17, 15) is 23.6 Å². The molecule has 2 heterocycles. The van der Waals surface area contributed by atoms with Crippen LogP contribution < -0.4 is 20.9 Å². The lowest BCUT2D eigenvalue weighted by molar-refractivity contribution is -0.135. The van der Waals surface area contributed by atoms with Gasteiger partial charge in [0.2, 0.25) is 11.8 Å². The number of carbonyl (C=O) groups is 4. The van der Waals surface area contributed by atoms with Crippen LogP contribution in [0.4, 0.5) is 20.6 Å². The number of benzene rings is 2. The van der Waals surface area contributed by atoms with Crippen molar-refractivity contribution in [1.82, 2.24) is 15.5 Å². The van der Waals surface area contributed by atoms with Crippen molar-refractivity contribution in [2.24, 2.45) is 0 Å². The summed E-state index contributed by atoms with van der Waals surface area (Å²) in [6.07, 6.45) is 2.33. The predicted molar refractivity (Wildman–Crippen MR) is 133 cm³/mol. The zero-order chi connectivity index (χ0) is 25.9. The maximum absolute atomic E-state index is 13.3. The van der Waals surface area contributed by atoms with E-state index in [-0.39, 0.29) is 12.3 Å². The first kappa shape index (κ1) is 25.2. The number of hydrogen-bond acceptors (Lipinski definition) is 5. The Morgan fingerprint density at radius 3 is 2.47 bits per heavy atom. The molecular weight excluding hydrogens is 465 g/mol. The van der Waals surface area contributed by atoms with Crippen LogP contribution in [0.5, 0.6) is 0 Å². The van der Waals surface area contributed by atoms with E-state index in [0.29, 0.717) is 11.3 Å². The fourth-order valence-electron chi connectivity index (χ4n) is 4.58. The Hall–Kier alpha value is -3.95. The van der Waals surface area contributed by atoms with Crippen LogP contribution >= 0.6 is 0 Å². The fraction of sp³-hybridized carbons (Fsp3) is 0.385. The minimum absolute atomic E-state index is 0.0210. The molecule has 0 saturated carbocycles. The molecule has 2 aliphatic rings. The molecule has 3 N–H and O–H groups in total. The Morgan fingerprint density at radius 2 is 1.78 bits per heavy atom. The molecule has 10 heteroatoms. The average molecular weight is 496 g/mol. The Kier molecular flexibility index (Phi) is 7.23. The van der Waals surface area contributed by atoms with Crippen LogP contribution in [0, 0.1) is 5.82 Å². The quantitative estimate of drug-likeness (QED) is 0.488. The molecule has 2 aromatic rings. The molecule has 0 spiro atoms. The van der Waals surface area contributed by atoms with E-state index in [4.69, 9.17) is 0 Å². The zero-order valence-electron chi connectivity index (χ0n) is 20.3. The number of rotatable bonds is 8. The molecule has 4 rings (SSSR count). The smallest absolute Gasteiger partial charge is 0.325 e. The minimum atomic E-state index is -1.40. The van der Waals surface area contributed by atoms with Crippen LogP contribution in [0.3, 0.4) is 0 Å². The Labute approximate surface area is 209 Å². The van der Waals surface area contributed by atoms with Gasteiger partial charge in [0.15, 0.2) is 0 Å². The van der Waals surface area contributed by atoms with E-state index >= 15 is 0 Å². The first-order valence-electron chi connectivity index (χ1n) is 12.0. The van der Waals surface area contributed by atoms with Gasteiger partial charge in [-0.25, -0.2) is 9.18 Å². The number of hydrogen-bond donors (Lipinski definition) is 3. The molecule has 0 radical (unpaired) electrons. The third kappa shape index (κ3) is 5.48. The molecule has 9 nitrogen and oxygen atoms in total. The molecule has 36 heavy (non-hydrogen) atoms. The number of nitrogens with one attached hydrogen (secondary N) is 3. The molecule has 2 aromatic carbocycles. The zero-order valence-corrected chi connectivity index (χ0v) is 20.3. The van der Waals surface area contributed by atoms with Crippen LogP contribution in [0.25, 0.3) is 0 Å². The number of carbonyl (C=O) groups excluding carboxylic acids is 4. The van der Waals surface area contributed by atoms with Crippen molar-refractivity contribution in [2.45, 2.75) is 44.7 Å². The predicted octanol–water partition coefficient (Wildman–Crippen LogP) is 2.73. The summed E-state index contributed by atoms with van der Waals surface area (Å²) in [5.74, 6) is -1.91. The second-order valence-corrected chi connectivity index (χ2v) is 9.42. The lowest BCUT2D eigenvalue weighted by atomic mass is 9.92. The van der Waals surface area contributed by atoms with E-state index in [1.165, 1.54) is 31.2 Å². The summed E-state index contributed by atoms with van der Waals surface area (Å²) in [4.78, 5) is 53.5. The largest absolute Gasteiger partial charge is 0.371 e. The highest BCUT2D eigenvalue weighted by Crippen LogP contribution is 2.29. The van der Waals surface area contributed by atoms with Crippen molar-refractivity contribution in [3.63, 3.8) is 0 Å². The summed E-state index contributed by atoms with van der Waals surface area (Å²) >= 11 is 0. The molecule has 2 fully saturated rings.